The molecule has 0 unspecified atom stereocenters. The van der Waals surface area contributed by atoms with E-state index < -0.39 is 0 Å². The van der Waals surface area contributed by atoms with Gasteiger partial charge in [0.05, 0.1) is 66.9 Å². The summed E-state index contributed by atoms with van der Waals surface area (Å²) < 4.78 is 9.41. The van der Waals surface area contributed by atoms with Gasteiger partial charge in [-0.05, 0) is 84.9 Å². The summed E-state index contributed by atoms with van der Waals surface area (Å²) in [5.41, 5.74) is 16.9. The maximum absolute atomic E-state index is 12.1. The van der Waals surface area contributed by atoms with Crippen molar-refractivity contribution >= 4 is 87.2 Å². The van der Waals surface area contributed by atoms with Gasteiger partial charge in [0.15, 0.2) is 5.82 Å². The molecular weight excluding hydrogens is 951 g/mol. The minimum atomic E-state index is 0.528. The van der Waals surface area contributed by atoms with Crippen LogP contribution in [0.15, 0.2) is 261 Å². The van der Waals surface area contributed by atoms with Gasteiger partial charge < -0.3 is 18.3 Å². The van der Waals surface area contributed by atoms with E-state index in [-0.39, 0.29) is 0 Å². The zero-order chi connectivity index (χ0) is 51.4. The standard InChI is InChI=1S/C71H43N7/c72-44-57-65(77-63-36-20-16-32-54(63)69-64(77)38-37-53-50-29-13-18-34-61(50)76(70(53)69)49-27-11-4-12-28-49)39-47(59-43-58(45-21-5-1-6-22-45)73-71(74-59)46-23-7-2-8-24-46)40-66(57)78-62-35-19-15-31-52(62)56-41-67-55(42-68(56)78)51-30-14-17-33-60(51)75(67)48-25-9-3-10-26-48/h1-43H. The smallest absolute Gasteiger partial charge is 0.160 e. The third kappa shape index (κ3) is 6.44. The summed E-state index contributed by atoms with van der Waals surface area (Å²) in [6.07, 6.45) is 0. The molecule has 0 N–H and O–H groups in total. The molecule has 0 spiro atoms. The molecule has 11 aromatic carbocycles. The summed E-state index contributed by atoms with van der Waals surface area (Å²) in [6, 6.07) is 94.8. The van der Waals surface area contributed by atoms with Gasteiger partial charge in [-0.3, -0.25) is 0 Å². The maximum Gasteiger partial charge on any atom is 0.160 e. The normalized spacial score (nSPS) is 11.8. The first kappa shape index (κ1) is 43.6. The molecule has 5 heterocycles. The van der Waals surface area contributed by atoms with Crippen LogP contribution in [-0.4, -0.2) is 28.2 Å². The Morgan fingerprint density at radius 1 is 0.295 bits per heavy atom. The molecule has 0 fully saturated rings. The minimum Gasteiger partial charge on any atom is -0.309 e. The van der Waals surface area contributed by atoms with Crippen LogP contribution >= 0.6 is 0 Å². The fourth-order valence-electron chi connectivity index (χ4n) is 12.5. The van der Waals surface area contributed by atoms with Gasteiger partial charge in [0.25, 0.3) is 0 Å². The first-order valence-corrected chi connectivity index (χ1v) is 26.3. The van der Waals surface area contributed by atoms with Gasteiger partial charge in [0.1, 0.15) is 11.6 Å². The average molecular weight is 994 g/mol. The van der Waals surface area contributed by atoms with Gasteiger partial charge in [-0.1, -0.05) is 176 Å². The molecule has 0 aliphatic rings. The van der Waals surface area contributed by atoms with Crippen molar-refractivity contribution in [1.82, 2.24) is 28.2 Å². The molecule has 0 saturated carbocycles. The second-order valence-corrected chi connectivity index (χ2v) is 20.0. The van der Waals surface area contributed by atoms with Gasteiger partial charge >= 0.3 is 0 Å². The van der Waals surface area contributed by atoms with Crippen molar-refractivity contribution in [3.63, 3.8) is 0 Å². The number of nitrogens with zero attached hydrogens (tertiary/aromatic N) is 7. The highest BCUT2D eigenvalue weighted by atomic mass is 15.0. The first-order chi connectivity index (χ1) is 38.7. The minimum absolute atomic E-state index is 0.528. The quantitative estimate of drug-likeness (QED) is 0.160. The van der Waals surface area contributed by atoms with Crippen LogP contribution in [0.2, 0.25) is 0 Å². The topological polar surface area (TPSA) is 69.3 Å². The lowest BCUT2D eigenvalue weighted by Crippen LogP contribution is -2.06. The summed E-state index contributed by atoms with van der Waals surface area (Å²) in [4.78, 5) is 10.7. The van der Waals surface area contributed by atoms with Crippen LogP contribution in [0.5, 0.6) is 0 Å². The van der Waals surface area contributed by atoms with E-state index in [2.05, 4.69) is 249 Å². The number of hydrogen-bond acceptors (Lipinski definition) is 3. The molecule has 16 aromatic rings. The molecule has 78 heavy (non-hydrogen) atoms. The zero-order valence-electron chi connectivity index (χ0n) is 42.0. The van der Waals surface area contributed by atoms with E-state index in [4.69, 9.17) is 9.97 Å². The van der Waals surface area contributed by atoms with Crippen LogP contribution in [0.25, 0.3) is 144 Å². The third-order valence-electron chi connectivity index (χ3n) is 15.8. The van der Waals surface area contributed by atoms with E-state index in [9.17, 15) is 5.26 Å². The molecule has 0 saturated heterocycles. The van der Waals surface area contributed by atoms with E-state index in [1.54, 1.807) is 0 Å². The summed E-state index contributed by atoms with van der Waals surface area (Å²) in [7, 11) is 0. The Kier molecular flexibility index (Phi) is 9.56. The molecule has 362 valence electrons. The number of aromatic nitrogens is 6. The predicted octanol–water partition coefficient (Wildman–Crippen LogP) is 17.7. The molecule has 0 aliphatic carbocycles. The first-order valence-electron chi connectivity index (χ1n) is 26.3. The SMILES string of the molecule is N#Cc1c(-n2c3ccccc3c3cc4c(cc32)c2ccccc2n4-c2ccccc2)cc(-c2cc(-c3ccccc3)nc(-c3ccccc3)n2)cc1-n1c2ccccc2c2c1ccc1c3ccccc3n(-c3ccccc3)c12. The molecule has 7 nitrogen and oxygen atoms in total. The van der Waals surface area contributed by atoms with E-state index in [0.717, 1.165) is 133 Å². The average Bonchev–Trinajstić information content (AvgIpc) is 4.42. The van der Waals surface area contributed by atoms with Gasteiger partial charge in [-0.15, -0.1) is 0 Å². The van der Waals surface area contributed by atoms with Crippen molar-refractivity contribution in [2.24, 2.45) is 0 Å². The van der Waals surface area contributed by atoms with Gasteiger partial charge in [-0.25, -0.2) is 9.97 Å². The van der Waals surface area contributed by atoms with Crippen molar-refractivity contribution < 1.29 is 0 Å². The maximum atomic E-state index is 12.1. The Morgan fingerprint density at radius 3 is 1.29 bits per heavy atom. The summed E-state index contributed by atoms with van der Waals surface area (Å²) in [5, 5.41) is 21.1. The number of rotatable bonds is 7. The Bertz CT molecular complexity index is 5080. The van der Waals surface area contributed by atoms with Gasteiger partial charge in [0, 0.05) is 71.2 Å². The Morgan fingerprint density at radius 2 is 0.718 bits per heavy atom. The highest BCUT2D eigenvalue weighted by molar-refractivity contribution is 6.26. The fourth-order valence-corrected chi connectivity index (χ4v) is 12.5. The molecule has 16 rings (SSSR count). The van der Waals surface area contributed by atoms with Crippen LogP contribution in [0.3, 0.4) is 0 Å². The van der Waals surface area contributed by atoms with Crippen molar-refractivity contribution in [1.29, 1.82) is 5.26 Å². The highest BCUT2D eigenvalue weighted by Gasteiger charge is 2.27. The van der Waals surface area contributed by atoms with Crippen LogP contribution < -0.4 is 0 Å². The molecule has 0 atom stereocenters. The number of para-hydroxylation sites is 6. The summed E-state index contributed by atoms with van der Waals surface area (Å²) >= 11 is 0. The molecule has 7 heteroatoms. The molecule has 0 aliphatic heterocycles. The fraction of sp³-hybridized carbons (Fsp3) is 0. The molecule has 0 bridgehead atoms. The number of fused-ring (bicyclic) bond motifs is 13. The van der Waals surface area contributed by atoms with Crippen LogP contribution in [0, 0.1) is 11.3 Å². The Balaban J connectivity index is 1.06. The molecule has 0 amide bonds. The Hall–Kier alpha value is -10.8. The molecule has 5 aromatic heterocycles. The van der Waals surface area contributed by atoms with Crippen molar-refractivity contribution in [3.8, 4) is 62.7 Å². The van der Waals surface area contributed by atoms with E-state index in [0.29, 0.717) is 11.4 Å². The van der Waals surface area contributed by atoms with E-state index in [1.807, 2.05) is 36.4 Å². The van der Waals surface area contributed by atoms with Crippen molar-refractivity contribution in [2.45, 2.75) is 0 Å². The van der Waals surface area contributed by atoms with Crippen molar-refractivity contribution in [3.05, 3.63) is 266 Å². The molecule has 0 radical (unpaired) electrons. The predicted molar refractivity (Wildman–Crippen MR) is 320 cm³/mol. The second-order valence-electron chi connectivity index (χ2n) is 20.0. The van der Waals surface area contributed by atoms with Gasteiger partial charge in [-0.2, -0.15) is 5.26 Å². The zero-order valence-corrected chi connectivity index (χ0v) is 42.0. The number of hydrogen-bond donors (Lipinski definition) is 0. The lowest BCUT2D eigenvalue weighted by atomic mass is 10.0. The largest absolute Gasteiger partial charge is 0.309 e. The molecular formula is C71H43N7. The third-order valence-corrected chi connectivity index (χ3v) is 15.8. The number of benzene rings is 11. The summed E-state index contributed by atoms with van der Waals surface area (Å²) in [5.74, 6) is 0.612. The van der Waals surface area contributed by atoms with E-state index in [1.165, 1.54) is 5.39 Å². The van der Waals surface area contributed by atoms with Crippen LogP contribution in [-0.2, 0) is 0 Å². The van der Waals surface area contributed by atoms with Crippen molar-refractivity contribution in [2.75, 3.05) is 0 Å². The number of nitriles is 1. The monoisotopic (exact) mass is 993 g/mol. The second kappa shape index (κ2) is 17.1. The summed E-state index contributed by atoms with van der Waals surface area (Å²) in [6.45, 7) is 0. The van der Waals surface area contributed by atoms with E-state index >= 15 is 0 Å². The lowest BCUT2D eigenvalue weighted by Gasteiger charge is -2.19. The Labute approximate surface area is 447 Å². The van der Waals surface area contributed by atoms with Gasteiger partial charge in [0.2, 0.25) is 0 Å². The highest BCUT2D eigenvalue weighted by Crippen LogP contribution is 2.46. The van der Waals surface area contributed by atoms with Crippen LogP contribution in [0.4, 0.5) is 0 Å². The lowest BCUT2D eigenvalue weighted by molar-refractivity contribution is 1.11. The van der Waals surface area contributed by atoms with Crippen LogP contribution in [0.1, 0.15) is 5.56 Å².